The fourth-order valence-electron chi connectivity index (χ4n) is 6.26. The van der Waals surface area contributed by atoms with Crippen molar-refractivity contribution in [3.63, 3.8) is 0 Å². The summed E-state index contributed by atoms with van der Waals surface area (Å²) in [6, 6.07) is 0. The van der Waals surface area contributed by atoms with Crippen LogP contribution in [-0.2, 0) is 9.84 Å². The normalized spacial score (nSPS) is 46.9. The first-order valence-corrected chi connectivity index (χ1v) is 9.95. The maximum absolute atomic E-state index is 11.7. The van der Waals surface area contributed by atoms with Gasteiger partial charge in [0, 0.05) is 17.8 Å². The van der Waals surface area contributed by atoms with Crippen molar-refractivity contribution in [3.8, 4) is 0 Å². The second kappa shape index (κ2) is 4.45. The smallest absolute Gasteiger partial charge is 0.151 e. The van der Waals surface area contributed by atoms with E-state index < -0.39 is 9.84 Å². The molecular weight excluding hydrogens is 270 g/mol. The standard InChI is InChI=1S/C16H29NO2S/c1-4-20(18,19)6-5-17-16-9-13-7-14(2,11-16)10-15(3,8-13)12-16/h13,17H,4-12H2,1-3H3. The molecule has 4 heteroatoms. The van der Waals surface area contributed by atoms with Gasteiger partial charge in [0.2, 0.25) is 0 Å². The quantitative estimate of drug-likeness (QED) is 0.849. The lowest BCUT2D eigenvalue weighted by molar-refractivity contribution is -0.117. The van der Waals surface area contributed by atoms with Gasteiger partial charge in [0.25, 0.3) is 0 Å². The Bertz CT molecular complexity index is 481. The SMILES string of the molecule is CCS(=O)(=O)CCNC12CC3CC(C)(CC(C)(C3)C1)C2. The molecule has 0 amide bonds. The van der Waals surface area contributed by atoms with Crippen LogP contribution in [0.4, 0.5) is 0 Å². The maximum atomic E-state index is 11.7. The molecule has 0 aromatic rings. The van der Waals surface area contributed by atoms with Crippen LogP contribution >= 0.6 is 0 Å². The Morgan fingerprint density at radius 2 is 1.65 bits per heavy atom. The molecule has 4 aliphatic carbocycles. The first-order chi connectivity index (χ1) is 9.17. The van der Waals surface area contributed by atoms with Gasteiger partial charge in [-0.15, -0.1) is 0 Å². The summed E-state index contributed by atoms with van der Waals surface area (Å²) in [6.45, 7) is 7.28. The highest BCUT2D eigenvalue weighted by Crippen LogP contribution is 2.66. The predicted octanol–water partition coefficient (Wildman–Crippen LogP) is 2.76. The third-order valence-corrected chi connectivity index (χ3v) is 7.68. The largest absolute Gasteiger partial charge is 0.310 e. The van der Waals surface area contributed by atoms with Crippen LogP contribution in [0.25, 0.3) is 0 Å². The van der Waals surface area contributed by atoms with Gasteiger partial charge in [-0.25, -0.2) is 8.42 Å². The lowest BCUT2D eigenvalue weighted by Crippen LogP contribution is -2.64. The van der Waals surface area contributed by atoms with E-state index >= 15 is 0 Å². The van der Waals surface area contributed by atoms with Gasteiger partial charge >= 0.3 is 0 Å². The van der Waals surface area contributed by atoms with E-state index in [-0.39, 0.29) is 11.3 Å². The second-order valence-electron chi connectivity index (χ2n) is 8.57. The maximum Gasteiger partial charge on any atom is 0.151 e. The molecule has 116 valence electrons. The van der Waals surface area contributed by atoms with Crippen molar-refractivity contribution >= 4 is 9.84 Å². The molecule has 0 radical (unpaired) electrons. The minimum atomic E-state index is -2.85. The molecule has 0 heterocycles. The highest BCUT2D eigenvalue weighted by Gasteiger charge is 2.59. The molecule has 0 aliphatic heterocycles. The number of hydrogen-bond acceptors (Lipinski definition) is 3. The van der Waals surface area contributed by atoms with Crippen molar-refractivity contribution in [1.82, 2.24) is 5.32 Å². The minimum absolute atomic E-state index is 0.228. The summed E-state index contributed by atoms with van der Waals surface area (Å²) < 4.78 is 23.3. The zero-order chi connectivity index (χ0) is 14.6. The highest BCUT2D eigenvalue weighted by molar-refractivity contribution is 7.91. The van der Waals surface area contributed by atoms with Crippen LogP contribution in [0.2, 0.25) is 0 Å². The van der Waals surface area contributed by atoms with Gasteiger partial charge in [0.05, 0.1) is 5.75 Å². The summed E-state index contributed by atoms with van der Waals surface area (Å²) in [5, 5.41) is 3.69. The fraction of sp³-hybridized carbons (Fsp3) is 1.00. The van der Waals surface area contributed by atoms with Gasteiger partial charge in [-0.2, -0.15) is 0 Å². The van der Waals surface area contributed by atoms with E-state index in [0.29, 0.717) is 23.1 Å². The average molecular weight is 299 g/mol. The lowest BCUT2D eigenvalue weighted by atomic mass is 9.43. The molecule has 4 fully saturated rings. The van der Waals surface area contributed by atoms with Gasteiger partial charge in [0.1, 0.15) is 0 Å². The molecule has 4 bridgehead atoms. The van der Waals surface area contributed by atoms with Gasteiger partial charge < -0.3 is 5.32 Å². The van der Waals surface area contributed by atoms with Crippen molar-refractivity contribution in [1.29, 1.82) is 0 Å². The van der Waals surface area contributed by atoms with Crippen LogP contribution in [0.1, 0.15) is 59.3 Å². The van der Waals surface area contributed by atoms with Crippen LogP contribution in [0, 0.1) is 16.7 Å². The van der Waals surface area contributed by atoms with E-state index in [4.69, 9.17) is 0 Å². The number of rotatable bonds is 5. The number of hydrogen-bond donors (Lipinski definition) is 1. The number of sulfone groups is 1. The second-order valence-corrected chi connectivity index (χ2v) is 11.0. The Morgan fingerprint density at radius 1 is 1.05 bits per heavy atom. The predicted molar refractivity (Wildman–Crippen MR) is 82.5 cm³/mol. The van der Waals surface area contributed by atoms with E-state index in [1.165, 1.54) is 38.5 Å². The van der Waals surface area contributed by atoms with Crippen LogP contribution < -0.4 is 5.32 Å². The molecule has 0 saturated heterocycles. The third kappa shape index (κ3) is 2.66. The molecule has 4 saturated carbocycles. The van der Waals surface area contributed by atoms with Gasteiger partial charge in [0.15, 0.2) is 9.84 Å². The van der Waals surface area contributed by atoms with Crippen LogP contribution in [0.3, 0.4) is 0 Å². The highest BCUT2D eigenvalue weighted by atomic mass is 32.2. The molecule has 2 unspecified atom stereocenters. The van der Waals surface area contributed by atoms with Crippen molar-refractivity contribution < 1.29 is 8.42 Å². The first-order valence-electron chi connectivity index (χ1n) is 8.13. The van der Waals surface area contributed by atoms with Crippen LogP contribution in [-0.4, -0.2) is 32.0 Å². The van der Waals surface area contributed by atoms with E-state index in [9.17, 15) is 8.42 Å². The average Bonchev–Trinajstić information content (AvgIpc) is 2.23. The van der Waals surface area contributed by atoms with E-state index in [1.54, 1.807) is 6.92 Å². The van der Waals surface area contributed by atoms with Gasteiger partial charge in [-0.3, -0.25) is 0 Å². The zero-order valence-electron chi connectivity index (χ0n) is 13.2. The molecular formula is C16H29NO2S. The van der Waals surface area contributed by atoms with E-state index in [2.05, 4.69) is 19.2 Å². The van der Waals surface area contributed by atoms with Gasteiger partial charge in [-0.1, -0.05) is 20.8 Å². The molecule has 1 N–H and O–H groups in total. The summed E-state index contributed by atoms with van der Waals surface area (Å²) in [5.74, 6) is 1.42. The van der Waals surface area contributed by atoms with E-state index in [0.717, 1.165) is 5.92 Å². The summed E-state index contributed by atoms with van der Waals surface area (Å²) in [7, 11) is -2.85. The molecule has 0 aromatic heterocycles. The molecule has 20 heavy (non-hydrogen) atoms. The Morgan fingerprint density at radius 3 is 2.15 bits per heavy atom. The molecule has 3 nitrogen and oxygen atoms in total. The lowest BCUT2D eigenvalue weighted by Gasteiger charge is -2.65. The molecule has 4 aliphatic rings. The molecule has 2 atom stereocenters. The monoisotopic (exact) mass is 299 g/mol. The minimum Gasteiger partial charge on any atom is -0.310 e. The van der Waals surface area contributed by atoms with Crippen molar-refractivity contribution in [2.24, 2.45) is 16.7 Å². The van der Waals surface area contributed by atoms with Crippen LogP contribution in [0.5, 0.6) is 0 Å². The topological polar surface area (TPSA) is 46.2 Å². The number of nitrogens with one attached hydrogen (secondary N) is 1. The summed E-state index contributed by atoms with van der Waals surface area (Å²) in [4.78, 5) is 0. The summed E-state index contributed by atoms with van der Waals surface area (Å²) in [5.41, 5.74) is 1.21. The van der Waals surface area contributed by atoms with Gasteiger partial charge in [-0.05, 0) is 55.3 Å². The fourth-order valence-corrected chi connectivity index (χ4v) is 6.96. The molecule has 4 rings (SSSR count). The Hall–Kier alpha value is -0.0900. The van der Waals surface area contributed by atoms with Crippen molar-refractivity contribution in [3.05, 3.63) is 0 Å². The third-order valence-electron chi connectivity index (χ3n) is 5.98. The van der Waals surface area contributed by atoms with E-state index in [1.807, 2.05) is 0 Å². The Kier molecular flexibility index (Phi) is 3.30. The Balaban J connectivity index is 1.70. The van der Waals surface area contributed by atoms with Crippen molar-refractivity contribution in [2.45, 2.75) is 64.8 Å². The van der Waals surface area contributed by atoms with Crippen LogP contribution in [0.15, 0.2) is 0 Å². The summed E-state index contributed by atoms with van der Waals surface area (Å²) >= 11 is 0. The molecule has 0 spiro atoms. The first kappa shape index (κ1) is 14.8. The van der Waals surface area contributed by atoms with Crippen molar-refractivity contribution in [2.75, 3.05) is 18.1 Å². The molecule has 0 aromatic carbocycles. The zero-order valence-corrected chi connectivity index (χ0v) is 14.0. The Labute approximate surface area is 123 Å². The summed E-state index contributed by atoms with van der Waals surface area (Å²) in [6.07, 6.45) is 7.91.